The van der Waals surface area contributed by atoms with Crippen molar-refractivity contribution >= 4 is 11.9 Å². The summed E-state index contributed by atoms with van der Waals surface area (Å²) in [6.07, 6.45) is 16.0. The summed E-state index contributed by atoms with van der Waals surface area (Å²) < 4.78 is 10.2. The van der Waals surface area contributed by atoms with Crippen molar-refractivity contribution in [2.75, 3.05) is 26.4 Å². The van der Waals surface area contributed by atoms with E-state index in [0.717, 1.165) is 12.3 Å². The van der Waals surface area contributed by atoms with Gasteiger partial charge in [0.2, 0.25) is 0 Å². The smallest absolute Gasteiger partial charge is 0.330 e. The van der Waals surface area contributed by atoms with Gasteiger partial charge in [0.15, 0.2) is 0 Å². The quantitative estimate of drug-likeness (QED) is 0.349. The predicted octanol–water partition coefficient (Wildman–Crippen LogP) is 2.64. The maximum absolute atomic E-state index is 12.3. The fourth-order valence-electron chi connectivity index (χ4n) is 9.11. The van der Waals surface area contributed by atoms with Gasteiger partial charge in [-0.25, -0.2) is 9.59 Å². The van der Waals surface area contributed by atoms with Gasteiger partial charge in [0.1, 0.15) is 13.2 Å². The molecule has 31 heavy (non-hydrogen) atoms. The Balaban J connectivity index is 1.53. The lowest BCUT2D eigenvalue weighted by Crippen LogP contribution is -2.51. The fraction of sp³-hybridized carbons (Fsp3) is 0.760. The molecule has 5 rings (SSSR count). The number of fused-ring (bicyclic) bond motifs is 12. The minimum atomic E-state index is -0.394. The van der Waals surface area contributed by atoms with Crippen LogP contribution < -0.4 is 0 Å². The standard InChI is InChI=1S/C25H34O6/c26-10-12-30-21(28)6-8-24-15-19(18-2-1-3-20(18)24)23-16-4-5-17(14-16)25(23,24)9-7-22(29)31-13-11-27/h6-9,16-20,23,26-27H,1-5,10-15H2. The molecular weight excluding hydrogens is 396 g/mol. The van der Waals surface area contributed by atoms with Gasteiger partial charge in [0, 0.05) is 23.0 Å². The van der Waals surface area contributed by atoms with Gasteiger partial charge in [-0.1, -0.05) is 18.6 Å². The summed E-state index contributed by atoms with van der Waals surface area (Å²) in [5.74, 6) is 2.98. The molecule has 5 saturated carbocycles. The molecule has 6 nitrogen and oxygen atoms in total. The molecule has 6 heteroatoms. The molecule has 0 aromatic rings. The number of ether oxygens (including phenoxy) is 2. The van der Waals surface area contributed by atoms with Gasteiger partial charge in [-0.15, -0.1) is 0 Å². The number of esters is 2. The lowest BCUT2D eigenvalue weighted by atomic mass is 9.48. The number of aliphatic hydroxyl groups excluding tert-OH is 2. The summed E-state index contributed by atoms with van der Waals surface area (Å²) in [5, 5.41) is 17.9. The van der Waals surface area contributed by atoms with Crippen LogP contribution in [0.15, 0.2) is 24.3 Å². The Labute approximate surface area is 183 Å². The summed E-state index contributed by atoms with van der Waals surface area (Å²) >= 11 is 0. The van der Waals surface area contributed by atoms with Crippen molar-refractivity contribution in [3.8, 4) is 0 Å². The Bertz CT molecular complexity index is 789. The topological polar surface area (TPSA) is 93.1 Å². The van der Waals surface area contributed by atoms with Crippen molar-refractivity contribution in [1.82, 2.24) is 0 Å². The molecule has 0 radical (unpaired) electrons. The zero-order valence-corrected chi connectivity index (χ0v) is 18.1. The molecule has 0 spiro atoms. The molecule has 0 aromatic heterocycles. The molecule has 0 aliphatic heterocycles. The van der Waals surface area contributed by atoms with Gasteiger partial charge in [-0.2, -0.15) is 0 Å². The Morgan fingerprint density at radius 1 is 0.903 bits per heavy atom. The maximum Gasteiger partial charge on any atom is 0.330 e. The number of rotatable bonds is 8. The van der Waals surface area contributed by atoms with E-state index in [0.29, 0.717) is 29.6 Å². The zero-order chi connectivity index (χ0) is 21.6. The van der Waals surface area contributed by atoms with Crippen LogP contribution in [-0.4, -0.2) is 48.6 Å². The highest BCUT2D eigenvalue weighted by molar-refractivity contribution is 5.83. The first-order valence-electron chi connectivity index (χ1n) is 12.0. The monoisotopic (exact) mass is 430 g/mol. The maximum atomic E-state index is 12.3. The fourth-order valence-corrected chi connectivity index (χ4v) is 9.11. The van der Waals surface area contributed by atoms with Crippen LogP contribution in [0, 0.1) is 46.3 Å². The van der Waals surface area contributed by atoms with E-state index in [2.05, 4.69) is 12.2 Å². The molecular formula is C25H34O6. The van der Waals surface area contributed by atoms with Gasteiger partial charge in [-0.05, 0) is 74.0 Å². The Morgan fingerprint density at radius 2 is 1.61 bits per heavy atom. The second-order valence-corrected chi connectivity index (χ2v) is 10.3. The van der Waals surface area contributed by atoms with E-state index >= 15 is 0 Å². The largest absolute Gasteiger partial charge is 0.460 e. The van der Waals surface area contributed by atoms with Crippen molar-refractivity contribution in [1.29, 1.82) is 0 Å². The Kier molecular flexibility index (Phi) is 5.50. The number of carbonyl (C=O) groups excluding carboxylic acids is 2. The van der Waals surface area contributed by atoms with Crippen molar-refractivity contribution in [3.05, 3.63) is 24.3 Å². The van der Waals surface area contributed by atoms with E-state index in [1.807, 2.05) is 0 Å². The molecule has 8 atom stereocenters. The van der Waals surface area contributed by atoms with E-state index in [1.165, 1.54) is 38.5 Å². The van der Waals surface area contributed by atoms with Crippen LogP contribution in [-0.2, 0) is 19.1 Å². The van der Waals surface area contributed by atoms with Crippen LogP contribution in [0.5, 0.6) is 0 Å². The third-order valence-corrected chi connectivity index (χ3v) is 9.51. The molecule has 5 aliphatic rings. The van der Waals surface area contributed by atoms with Crippen molar-refractivity contribution in [3.63, 3.8) is 0 Å². The average Bonchev–Trinajstić information content (AvgIpc) is 3.56. The molecule has 2 N–H and O–H groups in total. The zero-order valence-electron chi connectivity index (χ0n) is 18.1. The first kappa shape index (κ1) is 21.2. The van der Waals surface area contributed by atoms with Crippen LogP contribution in [0.25, 0.3) is 0 Å². The normalized spacial score (nSPS) is 44.3. The molecule has 4 bridgehead atoms. The van der Waals surface area contributed by atoms with Gasteiger partial charge >= 0.3 is 11.9 Å². The Hall–Kier alpha value is -1.66. The van der Waals surface area contributed by atoms with Gasteiger partial charge in [-0.3, -0.25) is 0 Å². The highest BCUT2D eigenvalue weighted by Crippen LogP contribution is 2.84. The third kappa shape index (κ3) is 2.97. The van der Waals surface area contributed by atoms with Crippen LogP contribution in [0.1, 0.15) is 44.9 Å². The molecule has 0 heterocycles. The molecule has 0 amide bonds. The Morgan fingerprint density at radius 3 is 2.32 bits per heavy atom. The minimum absolute atomic E-state index is 0.0138. The molecule has 170 valence electrons. The summed E-state index contributed by atoms with van der Waals surface area (Å²) in [4.78, 5) is 24.7. The highest BCUT2D eigenvalue weighted by Gasteiger charge is 2.78. The number of allylic oxidation sites excluding steroid dienone is 2. The SMILES string of the molecule is O=C(C=CC12CC(C3CCCC31)C1C3CCC(C3)C12C=CC(=O)OCCO)OCCO. The van der Waals surface area contributed by atoms with E-state index in [-0.39, 0.29) is 37.3 Å². The number of hydrogen-bond acceptors (Lipinski definition) is 6. The predicted molar refractivity (Wildman–Crippen MR) is 112 cm³/mol. The van der Waals surface area contributed by atoms with E-state index in [4.69, 9.17) is 19.7 Å². The van der Waals surface area contributed by atoms with Crippen molar-refractivity contribution < 1.29 is 29.3 Å². The number of aliphatic hydroxyl groups is 2. The summed E-state index contributed by atoms with van der Waals surface area (Å²) in [7, 11) is 0. The lowest BCUT2D eigenvalue weighted by molar-refractivity contribution is -0.139. The molecule has 5 fully saturated rings. The van der Waals surface area contributed by atoms with Crippen LogP contribution >= 0.6 is 0 Å². The molecule has 8 unspecified atom stereocenters. The third-order valence-electron chi connectivity index (χ3n) is 9.51. The van der Waals surface area contributed by atoms with E-state index in [1.54, 1.807) is 12.2 Å². The van der Waals surface area contributed by atoms with Gasteiger partial charge < -0.3 is 19.7 Å². The van der Waals surface area contributed by atoms with Crippen molar-refractivity contribution in [2.45, 2.75) is 44.9 Å². The first-order chi connectivity index (χ1) is 15.1. The second kappa shape index (κ2) is 8.04. The van der Waals surface area contributed by atoms with E-state index in [9.17, 15) is 9.59 Å². The van der Waals surface area contributed by atoms with Crippen LogP contribution in [0.2, 0.25) is 0 Å². The summed E-state index contributed by atoms with van der Waals surface area (Å²) in [6.45, 7) is -0.320. The summed E-state index contributed by atoms with van der Waals surface area (Å²) in [5.41, 5.74) is -0.215. The van der Waals surface area contributed by atoms with Crippen molar-refractivity contribution in [2.24, 2.45) is 46.3 Å². The number of carbonyl (C=O) groups is 2. The number of hydrogen-bond donors (Lipinski definition) is 2. The minimum Gasteiger partial charge on any atom is -0.460 e. The lowest BCUT2D eigenvalue weighted by Gasteiger charge is -2.55. The van der Waals surface area contributed by atoms with Crippen LogP contribution in [0.3, 0.4) is 0 Å². The average molecular weight is 431 g/mol. The second-order valence-electron chi connectivity index (χ2n) is 10.3. The van der Waals surface area contributed by atoms with E-state index < -0.39 is 11.9 Å². The first-order valence-corrected chi connectivity index (χ1v) is 12.0. The summed E-state index contributed by atoms with van der Waals surface area (Å²) in [6, 6.07) is 0. The van der Waals surface area contributed by atoms with Crippen LogP contribution in [0.4, 0.5) is 0 Å². The molecule has 0 aromatic carbocycles. The highest BCUT2D eigenvalue weighted by atomic mass is 16.5. The molecule has 5 aliphatic carbocycles. The molecule has 0 saturated heterocycles. The van der Waals surface area contributed by atoms with Gasteiger partial charge in [0.25, 0.3) is 0 Å². The van der Waals surface area contributed by atoms with Gasteiger partial charge in [0.05, 0.1) is 13.2 Å².